The average Bonchev–Trinajstić information content (AvgIpc) is 3.23. The van der Waals surface area contributed by atoms with Crippen molar-refractivity contribution in [1.82, 2.24) is 4.98 Å². The van der Waals surface area contributed by atoms with Gasteiger partial charge in [0.15, 0.2) is 5.82 Å². The normalized spacial score (nSPS) is 10.7. The first-order valence-electron chi connectivity index (χ1n) is 10.6. The van der Waals surface area contributed by atoms with Crippen molar-refractivity contribution < 1.29 is 4.79 Å². The number of benzene rings is 3. The maximum atomic E-state index is 13.0. The van der Waals surface area contributed by atoms with Crippen LogP contribution in [0.3, 0.4) is 0 Å². The summed E-state index contributed by atoms with van der Waals surface area (Å²) in [6.45, 7) is 4.17. The number of anilines is 2. The minimum Gasteiger partial charge on any atom is -0.307 e. The van der Waals surface area contributed by atoms with Gasteiger partial charge in [0, 0.05) is 21.8 Å². The third-order valence-corrected chi connectivity index (χ3v) is 6.70. The van der Waals surface area contributed by atoms with Gasteiger partial charge in [0.05, 0.1) is 4.88 Å². The van der Waals surface area contributed by atoms with E-state index in [0.717, 1.165) is 50.7 Å². The van der Waals surface area contributed by atoms with Crippen molar-refractivity contribution >= 4 is 40.5 Å². The average molecular weight is 462 g/mol. The molecule has 1 aromatic heterocycles. The van der Waals surface area contributed by atoms with E-state index in [1.807, 2.05) is 72.8 Å². The minimum absolute atomic E-state index is 0.321. The highest BCUT2D eigenvalue weighted by atomic mass is 35.5. The molecule has 32 heavy (non-hydrogen) atoms. The van der Waals surface area contributed by atoms with E-state index in [1.54, 1.807) is 0 Å². The van der Waals surface area contributed by atoms with Crippen molar-refractivity contribution in [3.8, 4) is 21.0 Å². The second-order valence-electron chi connectivity index (χ2n) is 7.28. The van der Waals surface area contributed by atoms with Crippen LogP contribution >= 0.6 is 22.9 Å². The number of para-hydroxylation sites is 1. The van der Waals surface area contributed by atoms with Gasteiger partial charge >= 0.3 is 6.03 Å². The van der Waals surface area contributed by atoms with Crippen molar-refractivity contribution in [2.45, 2.75) is 26.7 Å². The third-order valence-electron chi connectivity index (χ3n) is 5.24. The molecule has 0 saturated carbocycles. The molecular formula is C26H24ClN3OS. The highest BCUT2D eigenvalue weighted by Gasteiger charge is 2.19. The maximum absolute atomic E-state index is 13.0. The molecule has 0 fully saturated rings. The molecule has 1 heterocycles. The Morgan fingerprint density at radius 2 is 1.53 bits per heavy atom. The summed E-state index contributed by atoms with van der Waals surface area (Å²) >= 11 is 7.99. The molecular weight excluding hydrogens is 438 g/mol. The predicted molar refractivity (Wildman–Crippen MR) is 136 cm³/mol. The summed E-state index contributed by atoms with van der Waals surface area (Å²) in [5, 5.41) is 7.45. The Bertz CT molecular complexity index is 1210. The van der Waals surface area contributed by atoms with Crippen molar-refractivity contribution in [3.05, 3.63) is 88.9 Å². The number of carbonyl (C=O) groups excluding carboxylic acids is 1. The largest absolute Gasteiger partial charge is 0.324 e. The minimum atomic E-state index is -0.321. The first kappa shape index (κ1) is 22.1. The van der Waals surface area contributed by atoms with Gasteiger partial charge in [-0.15, -0.1) is 11.3 Å². The van der Waals surface area contributed by atoms with Crippen LogP contribution in [0.15, 0.2) is 72.8 Å². The number of nitrogens with one attached hydrogen (secondary N) is 2. The van der Waals surface area contributed by atoms with Crippen LogP contribution in [0.2, 0.25) is 5.02 Å². The van der Waals surface area contributed by atoms with Crippen LogP contribution in [0.5, 0.6) is 0 Å². The van der Waals surface area contributed by atoms with Gasteiger partial charge in [-0.2, -0.15) is 0 Å². The summed E-state index contributed by atoms with van der Waals surface area (Å²) in [7, 11) is 0. The number of carbonyl (C=O) groups is 1. The number of nitrogens with zero attached hydrogens (tertiary/aromatic N) is 1. The van der Waals surface area contributed by atoms with E-state index in [1.165, 1.54) is 11.3 Å². The maximum Gasteiger partial charge on any atom is 0.324 e. The molecule has 4 nitrogen and oxygen atoms in total. The van der Waals surface area contributed by atoms with Gasteiger partial charge in [-0.25, -0.2) is 9.78 Å². The van der Waals surface area contributed by atoms with Crippen molar-refractivity contribution in [1.29, 1.82) is 0 Å². The fourth-order valence-electron chi connectivity index (χ4n) is 3.59. The molecule has 4 rings (SSSR count). The SMILES string of the molecule is CCc1cccc(CC)c1NC(=O)Nc1nc(-c2ccccc2)sc1-c1ccccc1Cl. The molecule has 3 aromatic carbocycles. The van der Waals surface area contributed by atoms with Gasteiger partial charge in [0.25, 0.3) is 0 Å². The van der Waals surface area contributed by atoms with Crippen LogP contribution in [-0.2, 0) is 12.8 Å². The molecule has 0 spiro atoms. The van der Waals surface area contributed by atoms with Crippen molar-refractivity contribution in [2.75, 3.05) is 10.6 Å². The van der Waals surface area contributed by atoms with E-state index in [0.29, 0.717) is 10.8 Å². The fraction of sp³-hybridized carbons (Fsp3) is 0.154. The number of thiazole rings is 1. The van der Waals surface area contributed by atoms with Crippen LogP contribution in [-0.4, -0.2) is 11.0 Å². The lowest BCUT2D eigenvalue weighted by molar-refractivity contribution is 0.262. The monoisotopic (exact) mass is 461 g/mol. The number of urea groups is 1. The molecule has 6 heteroatoms. The summed E-state index contributed by atoms with van der Waals surface area (Å²) in [4.78, 5) is 18.6. The van der Waals surface area contributed by atoms with Gasteiger partial charge in [0.1, 0.15) is 5.01 Å². The Balaban J connectivity index is 1.70. The highest BCUT2D eigenvalue weighted by molar-refractivity contribution is 7.19. The zero-order chi connectivity index (χ0) is 22.5. The van der Waals surface area contributed by atoms with E-state index >= 15 is 0 Å². The first-order chi connectivity index (χ1) is 15.6. The van der Waals surface area contributed by atoms with Crippen LogP contribution in [0.25, 0.3) is 21.0 Å². The van der Waals surface area contributed by atoms with Gasteiger partial charge in [0.2, 0.25) is 0 Å². The van der Waals surface area contributed by atoms with Crippen LogP contribution in [0.1, 0.15) is 25.0 Å². The van der Waals surface area contributed by atoms with Gasteiger partial charge in [-0.05, 0) is 30.0 Å². The van der Waals surface area contributed by atoms with Crippen LogP contribution < -0.4 is 10.6 Å². The van der Waals surface area contributed by atoms with Crippen LogP contribution in [0.4, 0.5) is 16.3 Å². The predicted octanol–water partition coefficient (Wildman–Crippen LogP) is 7.90. The third kappa shape index (κ3) is 4.69. The molecule has 0 radical (unpaired) electrons. The quantitative estimate of drug-likeness (QED) is 0.306. The van der Waals surface area contributed by atoms with E-state index in [-0.39, 0.29) is 6.03 Å². The van der Waals surface area contributed by atoms with Gasteiger partial charge in [-0.3, -0.25) is 5.32 Å². The number of rotatable bonds is 6. The molecule has 0 unspecified atom stereocenters. The molecule has 2 amide bonds. The van der Waals surface area contributed by atoms with Crippen molar-refractivity contribution in [2.24, 2.45) is 0 Å². The molecule has 0 aliphatic heterocycles. The number of amides is 2. The Hall–Kier alpha value is -3.15. The molecule has 0 saturated heterocycles. The molecule has 162 valence electrons. The summed E-state index contributed by atoms with van der Waals surface area (Å²) in [5.74, 6) is 0.492. The Kier molecular flexibility index (Phi) is 6.88. The van der Waals surface area contributed by atoms with E-state index in [9.17, 15) is 4.79 Å². The number of halogens is 1. The number of hydrogen-bond donors (Lipinski definition) is 2. The molecule has 4 aromatic rings. The zero-order valence-electron chi connectivity index (χ0n) is 18.0. The topological polar surface area (TPSA) is 54.0 Å². The second-order valence-corrected chi connectivity index (χ2v) is 8.69. The lowest BCUT2D eigenvalue weighted by Crippen LogP contribution is -2.21. The molecule has 2 N–H and O–H groups in total. The molecule has 0 aliphatic rings. The van der Waals surface area contributed by atoms with Crippen LogP contribution in [0, 0.1) is 0 Å². The summed E-state index contributed by atoms with van der Waals surface area (Å²) in [6, 6.07) is 23.3. The van der Waals surface area contributed by atoms with E-state index < -0.39 is 0 Å². The van der Waals surface area contributed by atoms with Gasteiger partial charge < -0.3 is 5.32 Å². The van der Waals surface area contributed by atoms with Gasteiger partial charge in [-0.1, -0.05) is 92.2 Å². The zero-order valence-corrected chi connectivity index (χ0v) is 19.6. The van der Waals surface area contributed by atoms with Crippen molar-refractivity contribution in [3.63, 3.8) is 0 Å². The van der Waals surface area contributed by atoms with E-state index in [4.69, 9.17) is 16.6 Å². The summed E-state index contributed by atoms with van der Waals surface area (Å²) in [5.41, 5.74) is 4.91. The fourth-order valence-corrected chi connectivity index (χ4v) is 4.94. The highest BCUT2D eigenvalue weighted by Crippen LogP contribution is 2.41. The Morgan fingerprint density at radius 3 is 2.19 bits per heavy atom. The second kappa shape index (κ2) is 9.98. The lowest BCUT2D eigenvalue weighted by Gasteiger charge is -2.15. The molecule has 0 bridgehead atoms. The summed E-state index contributed by atoms with van der Waals surface area (Å²) in [6.07, 6.45) is 1.67. The Labute approximate surface area is 197 Å². The number of aryl methyl sites for hydroxylation is 2. The summed E-state index contributed by atoms with van der Waals surface area (Å²) < 4.78 is 0. The lowest BCUT2D eigenvalue weighted by atomic mass is 10.0. The number of hydrogen-bond acceptors (Lipinski definition) is 3. The smallest absolute Gasteiger partial charge is 0.307 e. The Morgan fingerprint density at radius 1 is 0.875 bits per heavy atom. The molecule has 0 aliphatic carbocycles. The number of aromatic nitrogens is 1. The first-order valence-corrected chi connectivity index (χ1v) is 11.8. The molecule has 0 atom stereocenters. The van der Waals surface area contributed by atoms with E-state index in [2.05, 4.69) is 24.5 Å². The standard InChI is InChI=1S/C26H24ClN3OS/c1-3-17-13-10-14-18(4-2)22(17)28-26(31)30-24-23(20-15-8-9-16-21(20)27)32-25(29-24)19-11-6-5-7-12-19/h5-16H,3-4H2,1-2H3,(H2,28,30,31).